The summed E-state index contributed by atoms with van der Waals surface area (Å²) in [6, 6.07) is 0. The highest BCUT2D eigenvalue weighted by atomic mass is 16.5. The minimum absolute atomic E-state index is 0.00298. The first-order valence-electron chi connectivity index (χ1n) is 13.7. The standard InChI is InChI=1S/C28H50O4/c1-2-3-4-5-6-7-8-9-10-11-12-13-14-15-16-18-21-25(28(30)31)24-27(29)32-26-22-19-17-20-23-26/h16,18,25-26H,2-15,17,19-24H2,1H3,(H,30,31). The number of ether oxygens (including phenoxy) is 1. The molecule has 1 aliphatic carbocycles. The second kappa shape index (κ2) is 20.3. The number of aliphatic carboxylic acids is 1. The van der Waals surface area contributed by atoms with Gasteiger partial charge in [0.05, 0.1) is 12.3 Å². The Labute approximate surface area is 197 Å². The SMILES string of the molecule is CCCCCCCCCCCCCCCC=CCC(CC(=O)OC1CCCCC1)C(=O)O. The van der Waals surface area contributed by atoms with Gasteiger partial charge in [-0.2, -0.15) is 0 Å². The van der Waals surface area contributed by atoms with Crippen LogP contribution in [0.25, 0.3) is 0 Å². The van der Waals surface area contributed by atoms with Gasteiger partial charge in [0.1, 0.15) is 6.10 Å². The Morgan fingerprint density at radius 3 is 1.88 bits per heavy atom. The van der Waals surface area contributed by atoms with E-state index in [1.807, 2.05) is 6.08 Å². The van der Waals surface area contributed by atoms with Crippen molar-refractivity contribution in [3.05, 3.63) is 12.2 Å². The molecule has 1 unspecified atom stereocenters. The summed E-state index contributed by atoms with van der Waals surface area (Å²) in [5.41, 5.74) is 0. The highest BCUT2D eigenvalue weighted by molar-refractivity contribution is 5.79. The van der Waals surface area contributed by atoms with Gasteiger partial charge in [0.2, 0.25) is 0 Å². The Morgan fingerprint density at radius 1 is 0.812 bits per heavy atom. The molecule has 0 amide bonds. The van der Waals surface area contributed by atoms with Crippen LogP contribution in [0.3, 0.4) is 0 Å². The van der Waals surface area contributed by atoms with Crippen molar-refractivity contribution in [3.63, 3.8) is 0 Å². The van der Waals surface area contributed by atoms with Crippen LogP contribution < -0.4 is 0 Å². The summed E-state index contributed by atoms with van der Waals surface area (Å²) in [4.78, 5) is 23.6. The lowest BCUT2D eigenvalue weighted by atomic mass is 9.97. The molecule has 1 fully saturated rings. The summed E-state index contributed by atoms with van der Waals surface area (Å²) >= 11 is 0. The van der Waals surface area contributed by atoms with Gasteiger partial charge in [-0.25, -0.2) is 0 Å². The number of carbonyl (C=O) groups excluding carboxylic acids is 1. The molecule has 1 aliphatic rings. The zero-order chi connectivity index (χ0) is 23.3. The van der Waals surface area contributed by atoms with E-state index in [1.165, 1.54) is 83.5 Å². The molecule has 1 saturated carbocycles. The van der Waals surface area contributed by atoms with Gasteiger partial charge in [0, 0.05) is 0 Å². The van der Waals surface area contributed by atoms with Crippen LogP contribution in [-0.4, -0.2) is 23.1 Å². The molecular weight excluding hydrogens is 400 g/mol. The molecule has 0 spiro atoms. The van der Waals surface area contributed by atoms with E-state index < -0.39 is 11.9 Å². The molecule has 0 bridgehead atoms. The highest BCUT2D eigenvalue weighted by Crippen LogP contribution is 2.22. The van der Waals surface area contributed by atoms with Crippen LogP contribution in [0.15, 0.2) is 12.2 Å². The average molecular weight is 451 g/mol. The molecule has 0 radical (unpaired) electrons. The Balaban J connectivity index is 1.97. The van der Waals surface area contributed by atoms with Crippen molar-refractivity contribution in [1.29, 1.82) is 0 Å². The molecule has 1 atom stereocenters. The van der Waals surface area contributed by atoms with Crippen LogP contribution in [0, 0.1) is 5.92 Å². The van der Waals surface area contributed by atoms with Crippen molar-refractivity contribution in [2.24, 2.45) is 5.92 Å². The molecular formula is C28H50O4. The number of esters is 1. The van der Waals surface area contributed by atoms with Gasteiger partial charge in [-0.15, -0.1) is 0 Å². The zero-order valence-electron chi connectivity index (χ0n) is 20.8. The van der Waals surface area contributed by atoms with E-state index in [0.717, 1.165) is 38.5 Å². The third-order valence-electron chi connectivity index (χ3n) is 6.67. The number of rotatable bonds is 20. The Kier molecular flexibility index (Phi) is 18.2. The second-order valence-corrected chi connectivity index (χ2v) is 9.73. The lowest BCUT2D eigenvalue weighted by Crippen LogP contribution is -2.24. The Morgan fingerprint density at radius 2 is 1.34 bits per heavy atom. The lowest BCUT2D eigenvalue weighted by molar-refractivity contribution is -0.156. The summed E-state index contributed by atoms with van der Waals surface area (Å²) in [6.07, 6.45) is 28.2. The van der Waals surface area contributed by atoms with Crippen molar-refractivity contribution in [2.75, 3.05) is 0 Å². The molecule has 1 rings (SSSR count). The van der Waals surface area contributed by atoms with E-state index in [2.05, 4.69) is 13.0 Å². The third kappa shape index (κ3) is 16.3. The number of carbonyl (C=O) groups is 2. The van der Waals surface area contributed by atoms with E-state index in [1.54, 1.807) is 0 Å². The van der Waals surface area contributed by atoms with Crippen LogP contribution in [0.1, 0.15) is 142 Å². The monoisotopic (exact) mass is 450 g/mol. The van der Waals surface area contributed by atoms with Crippen LogP contribution >= 0.6 is 0 Å². The maximum absolute atomic E-state index is 12.1. The molecule has 4 heteroatoms. The summed E-state index contributed by atoms with van der Waals surface area (Å²) < 4.78 is 5.48. The Bertz CT molecular complexity index is 494. The maximum atomic E-state index is 12.1. The van der Waals surface area contributed by atoms with Gasteiger partial charge >= 0.3 is 11.9 Å². The van der Waals surface area contributed by atoms with Gasteiger partial charge < -0.3 is 9.84 Å². The minimum Gasteiger partial charge on any atom is -0.481 e. The molecule has 32 heavy (non-hydrogen) atoms. The summed E-state index contributed by atoms with van der Waals surface area (Å²) in [6.45, 7) is 2.27. The van der Waals surface area contributed by atoms with Gasteiger partial charge in [-0.3, -0.25) is 9.59 Å². The fraction of sp³-hybridized carbons (Fsp3) is 0.857. The third-order valence-corrected chi connectivity index (χ3v) is 6.67. The van der Waals surface area contributed by atoms with Crippen LogP contribution in [-0.2, 0) is 14.3 Å². The Hall–Kier alpha value is -1.32. The summed E-state index contributed by atoms with van der Waals surface area (Å²) in [7, 11) is 0. The van der Waals surface area contributed by atoms with E-state index >= 15 is 0 Å². The summed E-state index contributed by atoms with van der Waals surface area (Å²) in [5, 5.41) is 9.41. The van der Waals surface area contributed by atoms with Crippen molar-refractivity contribution < 1.29 is 19.4 Å². The maximum Gasteiger partial charge on any atom is 0.307 e. The minimum atomic E-state index is -0.906. The zero-order valence-corrected chi connectivity index (χ0v) is 20.8. The van der Waals surface area contributed by atoms with Crippen LogP contribution in [0.5, 0.6) is 0 Å². The fourth-order valence-corrected chi connectivity index (χ4v) is 4.55. The largest absolute Gasteiger partial charge is 0.481 e. The molecule has 0 aromatic rings. The van der Waals surface area contributed by atoms with Crippen LogP contribution in [0.2, 0.25) is 0 Å². The van der Waals surface area contributed by atoms with Crippen LogP contribution in [0.4, 0.5) is 0 Å². The number of carboxylic acids is 1. The smallest absolute Gasteiger partial charge is 0.307 e. The van der Waals surface area contributed by atoms with Gasteiger partial charge in [0.15, 0.2) is 0 Å². The predicted octanol–water partition coefficient (Wildman–Crippen LogP) is 8.38. The van der Waals surface area contributed by atoms with Gasteiger partial charge in [-0.1, -0.05) is 103 Å². The first-order valence-corrected chi connectivity index (χ1v) is 13.7. The van der Waals surface area contributed by atoms with Crippen molar-refractivity contribution in [3.8, 4) is 0 Å². The van der Waals surface area contributed by atoms with E-state index in [4.69, 9.17) is 4.74 Å². The summed E-state index contributed by atoms with van der Waals surface area (Å²) in [5.74, 6) is -1.93. The molecule has 0 heterocycles. The lowest BCUT2D eigenvalue weighted by Gasteiger charge is -2.22. The second-order valence-electron chi connectivity index (χ2n) is 9.73. The van der Waals surface area contributed by atoms with Crippen molar-refractivity contribution in [2.45, 2.75) is 148 Å². The number of unbranched alkanes of at least 4 members (excludes halogenated alkanes) is 13. The highest BCUT2D eigenvalue weighted by Gasteiger charge is 2.24. The first-order chi connectivity index (χ1) is 15.6. The number of allylic oxidation sites excluding steroid dienone is 2. The number of hydrogen-bond acceptors (Lipinski definition) is 3. The first kappa shape index (κ1) is 28.7. The molecule has 0 aliphatic heterocycles. The molecule has 0 aromatic heterocycles. The average Bonchev–Trinajstić information content (AvgIpc) is 2.78. The fourth-order valence-electron chi connectivity index (χ4n) is 4.55. The molecule has 186 valence electrons. The number of carboxylic acid groups (broad SMARTS) is 1. The number of hydrogen-bond donors (Lipinski definition) is 1. The van der Waals surface area contributed by atoms with E-state index in [0.29, 0.717) is 6.42 Å². The van der Waals surface area contributed by atoms with Crippen molar-refractivity contribution >= 4 is 11.9 Å². The topological polar surface area (TPSA) is 63.6 Å². The molecule has 1 N–H and O–H groups in total. The molecule has 0 aromatic carbocycles. The van der Waals surface area contributed by atoms with Gasteiger partial charge in [-0.05, 0) is 44.9 Å². The van der Waals surface area contributed by atoms with Gasteiger partial charge in [0.25, 0.3) is 0 Å². The van der Waals surface area contributed by atoms with E-state index in [9.17, 15) is 14.7 Å². The molecule has 4 nitrogen and oxygen atoms in total. The predicted molar refractivity (Wildman–Crippen MR) is 133 cm³/mol. The quantitative estimate of drug-likeness (QED) is 0.115. The van der Waals surface area contributed by atoms with E-state index in [-0.39, 0.29) is 18.5 Å². The normalized spacial score (nSPS) is 15.8. The van der Waals surface area contributed by atoms with Crippen molar-refractivity contribution in [1.82, 2.24) is 0 Å². The molecule has 0 saturated heterocycles.